The van der Waals surface area contributed by atoms with Gasteiger partial charge in [-0.15, -0.1) is 0 Å². The predicted molar refractivity (Wildman–Crippen MR) is 125 cm³/mol. The lowest BCUT2D eigenvalue weighted by molar-refractivity contribution is 0.284. The van der Waals surface area contributed by atoms with Gasteiger partial charge in [0, 0.05) is 17.6 Å². The molecule has 0 heterocycles. The first-order valence-electron chi connectivity index (χ1n) is 10.1. The zero-order valence-electron chi connectivity index (χ0n) is 17.3. The predicted octanol–water partition coefficient (Wildman–Crippen LogP) is 7.21. The van der Waals surface area contributed by atoms with Gasteiger partial charge in [-0.25, -0.2) is 0 Å². The summed E-state index contributed by atoms with van der Waals surface area (Å²) >= 11 is 12.6. The molecule has 158 valence electrons. The van der Waals surface area contributed by atoms with Gasteiger partial charge in [-0.05, 0) is 47.4 Å². The zero-order valence-corrected chi connectivity index (χ0v) is 18.8. The fourth-order valence-electron chi connectivity index (χ4n) is 3.40. The number of rotatable bonds is 10. The van der Waals surface area contributed by atoms with Crippen molar-refractivity contribution in [2.24, 2.45) is 0 Å². The van der Waals surface area contributed by atoms with E-state index in [9.17, 15) is 0 Å². The van der Waals surface area contributed by atoms with E-state index < -0.39 is 0 Å². The first kappa shape index (κ1) is 22.5. The largest absolute Gasteiger partial charge is 0.493 e. The van der Waals surface area contributed by atoms with E-state index in [0.717, 1.165) is 24.0 Å². The Hall–Kier alpha value is -2.20. The summed E-state index contributed by atoms with van der Waals surface area (Å²) in [4.78, 5) is 0. The molecule has 5 heteroatoms. The molecule has 3 rings (SSSR count). The summed E-state index contributed by atoms with van der Waals surface area (Å²) in [5, 5.41) is 4.85. The van der Waals surface area contributed by atoms with Crippen LogP contribution in [0.5, 0.6) is 11.5 Å². The third-order valence-corrected chi connectivity index (χ3v) is 5.41. The van der Waals surface area contributed by atoms with E-state index in [1.807, 2.05) is 42.5 Å². The van der Waals surface area contributed by atoms with E-state index in [1.54, 1.807) is 7.11 Å². The Morgan fingerprint density at radius 3 is 2.43 bits per heavy atom. The second kappa shape index (κ2) is 11.3. The lowest BCUT2D eigenvalue weighted by Gasteiger charge is -2.20. The van der Waals surface area contributed by atoms with Gasteiger partial charge in [-0.1, -0.05) is 79.0 Å². The molecule has 0 radical (unpaired) electrons. The van der Waals surface area contributed by atoms with Gasteiger partial charge in [-0.2, -0.15) is 0 Å². The number of ether oxygens (including phenoxy) is 2. The molecule has 1 N–H and O–H groups in total. The molecular weight excluding hydrogens is 417 g/mol. The van der Waals surface area contributed by atoms with Crippen molar-refractivity contribution in [3.05, 3.63) is 93.5 Å². The van der Waals surface area contributed by atoms with E-state index in [-0.39, 0.29) is 0 Å². The molecule has 0 saturated heterocycles. The molecular formula is C25H27Cl2NO2. The summed E-state index contributed by atoms with van der Waals surface area (Å²) < 4.78 is 11.5. The van der Waals surface area contributed by atoms with Crippen LogP contribution in [0, 0.1) is 0 Å². The maximum atomic E-state index is 6.55. The molecule has 0 bridgehead atoms. The lowest BCUT2D eigenvalue weighted by Crippen LogP contribution is -2.20. The molecule has 0 aliphatic heterocycles. The van der Waals surface area contributed by atoms with E-state index in [4.69, 9.17) is 32.7 Å². The van der Waals surface area contributed by atoms with Crippen LogP contribution in [0.3, 0.4) is 0 Å². The fourth-order valence-corrected chi connectivity index (χ4v) is 3.90. The maximum absolute atomic E-state index is 6.55. The van der Waals surface area contributed by atoms with Crippen LogP contribution in [-0.2, 0) is 13.2 Å². The summed E-state index contributed by atoms with van der Waals surface area (Å²) in [5.74, 6) is 1.16. The Bertz CT molecular complexity index is 947. The zero-order chi connectivity index (χ0) is 21.3. The Morgan fingerprint density at radius 2 is 1.73 bits per heavy atom. The van der Waals surface area contributed by atoms with Crippen molar-refractivity contribution < 1.29 is 9.47 Å². The van der Waals surface area contributed by atoms with Crippen LogP contribution in [0.1, 0.15) is 42.5 Å². The van der Waals surface area contributed by atoms with Crippen molar-refractivity contribution in [2.75, 3.05) is 7.11 Å². The van der Waals surface area contributed by atoms with E-state index in [2.05, 4.69) is 36.5 Å². The number of hydrogen-bond donors (Lipinski definition) is 1. The standard InChI is InChI=1S/C25H27Cl2NO2/c1-3-8-23(20-10-5-4-6-11-20)28-16-19-14-22(27)25(24(15-19)29-2)30-17-18-9-7-12-21(26)13-18/h4-7,9-15,23,28H,3,8,16-17H2,1-2H3. The smallest absolute Gasteiger partial charge is 0.180 e. The normalized spacial score (nSPS) is 11.9. The highest BCUT2D eigenvalue weighted by atomic mass is 35.5. The van der Waals surface area contributed by atoms with Crippen molar-refractivity contribution in [1.82, 2.24) is 5.32 Å². The number of hydrogen-bond acceptors (Lipinski definition) is 3. The van der Waals surface area contributed by atoms with Crippen LogP contribution in [0.25, 0.3) is 0 Å². The minimum Gasteiger partial charge on any atom is -0.493 e. The maximum Gasteiger partial charge on any atom is 0.180 e. The lowest BCUT2D eigenvalue weighted by atomic mass is 10.0. The molecule has 0 saturated carbocycles. The van der Waals surface area contributed by atoms with Crippen molar-refractivity contribution >= 4 is 23.2 Å². The Labute approximate surface area is 188 Å². The Balaban J connectivity index is 1.71. The van der Waals surface area contributed by atoms with Gasteiger partial charge in [-0.3, -0.25) is 0 Å². The van der Waals surface area contributed by atoms with Crippen LogP contribution in [0.15, 0.2) is 66.7 Å². The van der Waals surface area contributed by atoms with Crippen molar-refractivity contribution in [3.63, 3.8) is 0 Å². The molecule has 30 heavy (non-hydrogen) atoms. The highest BCUT2D eigenvalue weighted by Crippen LogP contribution is 2.37. The summed E-state index contributed by atoms with van der Waals surface area (Å²) in [5.41, 5.74) is 3.31. The van der Waals surface area contributed by atoms with Crippen molar-refractivity contribution in [1.29, 1.82) is 0 Å². The van der Waals surface area contributed by atoms with Gasteiger partial charge in [0.15, 0.2) is 11.5 Å². The summed E-state index contributed by atoms with van der Waals surface area (Å²) in [6, 6.07) is 22.3. The second-order valence-electron chi connectivity index (χ2n) is 7.16. The number of methoxy groups -OCH3 is 1. The monoisotopic (exact) mass is 443 g/mol. The van der Waals surface area contributed by atoms with Crippen LogP contribution in [0.2, 0.25) is 10.0 Å². The third kappa shape index (κ3) is 6.15. The summed E-state index contributed by atoms with van der Waals surface area (Å²) in [7, 11) is 1.62. The first-order valence-corrected chi connectivity index (χ1v) is 10.9. The van der Waals surface area contributed by atoms with Gasteiger partial charge in [0.2, 0.25) is 0 Å². The number of benzene rings is 3. The topological polar surface area (TPSA) is 30.5 Å². The fraction of sp³-hybridized carbons (Fsp3) is 0.280. The van der Waals surface area contributed by atoms with Crippen molar-refractivity contribution in [3.8, 4) is 11.5 Å². The van der Waals surface area contributed by atoms with Crippen LogP contribution >= 0.6 is 23.2 Å². The van der Waals surface area contributed by atoms with Gasteiger partial charge in [0.05, 0.1) is 12.1 Å². The van der Waals surface area contributed by atoms with E-state index in [0.29, 0.717) is 40.7 Å². The van der Waals surface area contributed by atoms with Gasteiger partial charge >= 0.3 is 0 Å². The average molecular weight is 444 g/mol. The molecule has 1 unspecified atom stereocenters. The number of halogens is 2. The highest BCUT2D eigenvalue weighted by molar-refractivity contribution is 6.32. The molecule has 0 aliphatic carbocycles. The SMILES string of the molecule is CCCC(NCc1cc(Cl)c(OCc2cccc(Cl)c2)c(OC)c1)c1ccccc1. The average Bonchev–Trinajstić information content (AvgIpc) is 2.76. The summed E-state index contributed by atoms with van der Waals surface area (Å²) in [6.07, 6.45) is 2.17. The quantitative estimate of drug-likeness (QED) is 0.358. The molecule has 0 aromatic heterocycles. The van der Waals surface area contributed by atoms with E-state index >= 15 is 0 Å². The van der Waals surface area contributed by atoms with Gasteiger partial charge < -0.3 is 14.8 Å². The molecule has 3 aromatic carbocycles. The molecule has 0 fully saturated rings. The second-order valence-corrected chi connectivity index (χ2v) is 8.00. The third-order valence-electron chi connectivity index (χ3n) is 4.89. The minimum absolute atomic E-state index is 0.291. The molecule has 3 nitrogen and oxygen atoms in total. The molecule has 3 aromatic rings. The van der Waals surface area contributed by atoms with Crippen LogP contribution < -0.4 is 14.8 Å². The Morgan fingerprint density at radius 1 is 0.933 bits per heavy atom. The van der Waals surface area contributed by atoms with Crippen LogP contribution in [-0.4, -0.2) is 7.11 Å². The van der Waals surface area contributed by atoms with Crippen LogP contribution in [0.4, 0.5) is 0 Å². The molecule has 0 spiro atoms. The minimum atomic E-state index is 0.291. The number of nitrogens with one attached hydrogen (secondary N) is 1. The van der Waals surface area contributed by atoms with Crippen molar-refractivity contribution in [2.45, 2.75) is 39.0 Å². The molecule has 1 atom stereocenters. The van der Waals surface area contributed by atoms with Gasteiger partial charge in [0.1, 0.15) is 6.61 Å². The Kier molecular flexibility index (Phi) is 8.44. The van der Waals surface area contributed by atoms with E-state index in [1.165, 1.54) is 5.56 Å². The van der Waals surface area contributed by atoms with Gasteiger partial charge in [0.25, 0.3) is 0 Å². The first-order chi connectivity index (χ1) is 14.6. The highest BCUT2D eigenvalue weighted by Gasteiger charge is 2.14. The molecule has 0 amide bonds. The summed E-state index contributed by atoms with van der Waals surface area (Å²) in [6.45, 7) is 3.24. The molecule has 0 aliphatic rings.